The van der Waals surface area contributed by atoms with Gasteiger partial charge in [0.25, 0.3) is 0 Å². The lowest BCUT2D eigenvalue weighted by molar-refractivity contribution is -0.137. The number of alkyl carbamates (subject to hydrolysis) is 1. The van der Waals surface area contributed by atoms with Crippen LogP contribution < -0.4 is 21.7 Å². The highest BCUT2D eigenvalue weighted by molar-refractivity contribution is 6.38. The molecule has 0 spiro atoms. The third-order valence-electron chi connectivity index (χ3n) is 8.44. The Labute approximate surface area is 273 Å². The topological polar surface area (TPSA) is 155 Å². The average molecular weight is 659 g/mol. The normalized spacial score (nSPS) is 18.0. The Kier molecular flexibility index (Phi) is 11.0. The summed E-state index contributed by atoms with van der Waals surface area (Å²) in [7, 11) is 0. The smallest absolute Gasteiger partial charge is 0.408 e. The molecule has 0 radical (unpaired) electrons. The Morgan fingerprint density at radius 2 is 1.78 bits per heavy atom. The van der Waals surface area contributed by atoms with Crippen LogP contribution in [-0.2, 0) is 38.6 Å². The van der Waals surface area contributed by atoms with E-state index < -0.39 is 41.4 Å². The number of amides is 4. The molecule has 1 aliphatic carbocycles. The molecule has 1 aliphatic rings. The molecule has 0 fully saturated rings. The number of carbonyl (C=O) groups excluding carboxylic acids is 4. The van der Waals surface area contributed by atoms with Gasteiger partial charge in [-0.15, -0.1) is 0 Å². The third kappa shape index (κ3) is 8.10. The number of aromatic amines is 1. The third-order valence-corrected chi connectivity index (χ3v) is 8.95. The van der Waals surface area contributed by atoms with Crippen LogP contribution in [0.5, 0.6) is 0 Å². The summed E-state index contributed by atoms with van der Waals surface area (Å²) in [6.45, 7) is 7.62. The van der Waals surface area contributed by atoms with Crippen LogP contribution in [0.25, 0.3) is 10.9 Å². The minimum Gasteiger partial charge on any atom is -0.445 e. The standard InChI is InChI=1S/C33H41Cl2N5O5/c1-5-19(4)27(39-32(44)45-17-20-9-7-6-8-10-20)30(42)40-33(31(43)38-26(29(36)41)13-18(2)3)12-11-25-23(16-33)22-14-21(34)15-24(35)28(22)37-25/h6-10,14-15,18-19,26-27,37H,5,11-13,16-17H2,1-4H3,(H2,36,41)(H,38,43)(H,39,44)(H,40,42)/t19-,26-,27-,33+/m0/s1. The molecule has 4 rings (SSSR count). The second-order valence-corrected chi connectivity index (χ2v) is 13.1. The number of hydrogen-bond acceptors (Lipinski definition) is 5. The van der Waals surface area contributed by atoms with E-state index in [4.69, 9.17) is 33.7 Å². The zero-order chi connectivity index (χ0) is 32.9. The van der Waals surface area contributed by atoms with E-state index in [9.17, 15) is 19.2 Å². The van der Waals surface area contributed by atoms with E-state index in [2.05, 4.69) is 20.9 Å². The van der Waals surface area contributed by atoms with Crippen molar-refractivity contribution in [2.75, 3.05) is 0 Å². The summed E-state index contributed by atoms with van der Waals surface area (Å²) < 4.78 is 5.40. The molecule has 1 heterocycles. The van der Waals surface area contributed by atoms with Crippen molar-refractivity contribution >= 4 is 57.9 Å². The van der Waals surface area contributed by atoms with Crippen LogP contribution in [0.1, 0.15) is 63.8 Å². The molecule has 242 valence electrons. The summed E-state index contributed by atoms with van der Waals surface area (Å²) in [5, 5.41) is 10.1. The number of nitrogens with two attached hydrogens (primary N) is 1. The molecule has 0 saturated carbocycles. The van der Waals surface area contributed by atoms with Crippen molar-refractivity contribution in [1.29, 1.82) is 0 Å². The second-order valence-electron chi connectivity index (χ2n) is 12.3. The highest BCUT2D eigenvalue weighted by atomic mass is 35.5. The van der Waals surface area contributed by atoms with Gasteiger partial charge in [-0.05, 0) is 54.4 Å². The van der Waals surface area contributed by atoms with Gasteiger partial charge in [-0.1, -0.05) is 87.6 Å². The fourth-order valence-electron chi connectivity index (χ4n) is 5.75. The Morgan fingerprint density at radius 1 is 1.07 bits per heavy atom. The summed E-state index contributed by atoms with van der Waals surface area (Å²) in [5.74, 6) is -1.97. The molecule has 3 aromatic rings. The summed E-state index contributed by atoms with van der Waals surface area (Å²) >= 11 is 12.8. The van der Waals surface area contributed by atoms with Gasteiger partial charge in [-0.3, -0.25) is 14.4 Å². The first kappa shape index (κ1) is 34.1. The van der Waals surface area contributed by atoms with Crippen molar-refractivity contribution in [2.24, 2.45) is 17.6 Å². The van der Waals surface area contributed by atoms with Crippen LogP contribution in [0.3, 0.4) is 0 Å². The zero-order valence-corrected chi connectivity index (χ0v) is 27.5. The van der Waals surface area contributed by atoms with Gasteiger partial charge in [-0.25, -0.2) is 4.79 Å². The predicted molar refractivity (Wildman–Crippen MR) is 175 cm³/mol. The number of ether oxygens (including phenoxy) is 1. The van der Waals surface area contributed by atoms with Gasteiger partial charge >= 0.3 is 6.09 Å². The number of carbonyl (C=O) groups is 4. The maximum Gasteiger partial charge on any atom is 0.408 e. The highest BCUT2D eigenvalue weighted by Crippen LogP contribution is 2.38. The van der Waals surface area contributed by atoms with Gasteiger partial charge in [-0.2, -0.15) is 0 Å². The van der Waals surface area contributed by atoms with Crippen LogP contribution >= 0.6 is 23.2 Å². The van der Waals surface area contributed by atoms with E-state index in [0.717, 1.165) is 22.2 Å². The highest BCUT2D eigenvalue weighted by Gasteiger charge is 2.46. The summed E-state index contributed by atoms with van der Waals surface area (Å²) in [6.07, 6.45) is 0.855. The monoisotopic (exact) mass is 657 g/mol. The lowest BCUT2D eigenvalue weighted by atomic mass is 9.78. The quantitative estimate of drug-likeness (QED) is 0.182. The predicted octanol–water partition coefficient (Wildman–Crippen LogP) is 5.18. The molecular weight excluding hydrogens is 617 g/mol. The van der Waals surface area contributed by atoms with Gasteiger partial charge in [0.15, 0.2) is 0 Å². The number of H-pyrrole nitrogens is 1. The van der Waals surface area contributed by atoms with Crippen molar-refractivity contribution in [3.8, 4) is 0 Å². The van der Waals surface area contributed by atoms with Gasteiger partial charge in [0.05, 0.1) is 10.5 Å². The van der Waals surface area contributed by atoms with E-state index in [0.29, 0.717) is 34.8 Å². The number of aromatic nitrogens is 1. The number of primary amides is 1. The SMILES string of the molecule is CC[C@H](C)[C@H](NC(=O)OCc1ccccc1)C(=O)N[C@]1(C(=O)N[C@@H](CC(C)C)C(N)=O)CCc2[nH]c3c(Cl)cc(Cl)cc3c2C1. The fourth-order valence-corrected chi connectivity index (χ4v) is 6.29. The van der Waals surface area contributed by atoms with Crippen molar-refractivity contribution < 1.29 is 23.9 Å². The van der Waals surface area contributed by atoms with Gasteiger partial charge < -0.3 is 31.4 Å². The lowest BCUT2D eigenvalue weighted by Crippen LogP contribution is -2.66. The molecular formula is C33H41Cl2N5O5. The molecule has 0 bridgehead atoms. The number of aryl methyl sites for hydroxylation is 1. The van der Waals surface area contributed by atoms with E-state index in [-0.39, 0.29) is 31.3 Å². The van der Waals surface area contributed by atoms with Gasteiger partial charge in [0.2, 0.25) is 17.7 Å². The van der Waals surface area contributed by atoms with Crippen LogP contribution in [0.4, 0.5) is 4.79 Å². The van der Waals surface area contributed by atoms with Crippen molar-refractivity contribution in [2.45, 2.75) is 84.0 Å². The van der Waals surface area contributed by atoms with Crippen molar-refractivity contribution in [3.05, 3.63) is 69.3 Å². The maximum absolute atomic E-state index is 14.2. The number of benzene rings is 2. The molecule has 0 unspecified atom stereocenters. The Balaban J connectivity index is 1.65. The molecule has 45 heavy (non-hydrogen) atoms. The molecule has 2 aromatic carbocycles. The van der Waals surface area contributed by atoms with Crippen LogP contribution in [-0.4, -0.2) is 46.4 Å². The number of rotatable bonds is 12. The maximum atomic E-state index is 14.2. The first-order chi connectivity index (χ1) is 21.3. The average Bonchev–Trinajstić information content (AvgIpc) is 3.36. The first-order valence-electron chi connectivity index (χ1n) is 15.2. The number of halogens is 2. The first-order valence-corrected chi connectivity index (χ1v) is 16.0. The van der Waals surface area contributed by atoms with E-state index in [1.165, 1.54) is 0 Å². The summed E-state index contributed by atoms with van der Waals surface area (Å²) in [6, 6.07) is 10.7. The lowest BCUT2D eigenvalue weighted by Gasteiger charge is -2.39. The van der Waals surface area contributed by atoms with Crippen LogP contribution in [0.2, 0.25) is 10.0 Å². The minimum atomic E-state index is -1.47. The molecule has 1 aromatic heterocycles. The van der Waals surface area contributed by atoms with Crippen LogP contribution in [0, 0.1) is 11.8 Å². The van der Waals surface area contributed by atoms with Gasteiger partial charge in [0, 0.05) is 22.5 Å². The van der Waals surface area contributed by atoms with E-state index >= 15 is 0 Å². The second kappa shape index (κ2) is 14.6. The molecule has 12 heteroatoms. The Morgan fingerprint density at radius 3 is 2.42 bits per heavy atom. The summed E-state index contributed by atoms with van der Waals surface area (Å²) in [5.41, 5.74) is 7.34. The minimum absolute atomic E-state index is 0.0344. The number of fused-ring (bicyclic) bond motifs is 3. The Bertz CT molecular complexity index is 1560. The van der Waals surface area contributed by atoms with Crippen molar-refractivity contribution in [1.82, 2.24) is 20.9 Å². The zero-order valence-electron chi connectivity index (χ0n) is 26.0. The number of hydrogen-bond donors (Lipinski definition) is 5. The van der Waals surface area contributed by atoms with Crippen LogP contribution in [0.15, 0.2) is 42.5 Å². The summed E-state index contributed by atoms with van der Waals surface area (Å²) in [4.78, 5) is 56.8. The number of nitrogens with one attached hydrogen (secondary N) is 4. The molecule has 6 N–H and O–H groups in total. The Hall–Kier alpha value is -3.76. The molecule has 0 aliphatic heterocycles. The van der Waals surface area contributed by atoms with Crippen molar-refractivity contribution in [3.63, 3.8) is 0 Å². The molecule has 4 amide bonds. The van der Waals surface area contributed by atoms with Gasteiger partial charge in [0.1, 0.15) is 24.2 Å². The molecule has 0 saturated heterocycles. The fraction of sp³-hybridized carbons (Fsp3) is 0.455. The van der Waals surface area contributed by atoms with E-state index in [1.807, 2.05) is 58.0 Å². The van der Waals surface area contributed by atoms with E-state index in [1.54, 1.807) is 12.1 Å². The largest absolute Gasteiger partial charge is 0.445 e. The molecule has 10 nitrogen and oxygen atoms in total. The molecule has 4 atom stereocenters.